The van der Waals surface area contributed by atoms with Gasteiger partial charge in [-0.05, 0) is 12.5 Å². The molecule has 0 amide bonds. The van der Waals surface area contributed by atoms with Gasteiger partial charge in [0.25, 0.3) is 6.43 Å². The normalized spacial score (nSPS) is 10.9. The molecule has 0 N–H and O–H groups in total. The highest BCUT2D eigenvalue weighted by molar-refractivity contribution is 9.08. The van der Waals surface area contributed by atoms with E-state index in [0.717, 1.165) is 0 Å². The fraction of sp³-hybridized carbons (Fsp3) is 0.375. The van der Waals surface area contributed by atoms with Gasteiger partial charge in [0.2, 0.25) is 0 Å². The van der Waals surface area contributed by atoms with Crippen LogP contribution < -0.4 is 0 Å². The predicted molar refractivity (Wildman–Crippen MR) is 51.6 cm³/mol. The van der Waals surface area contributed by atoms with Crippen LogP contribution in [-0.4, -0.2) is 4.98 Å². The monoisotopic (exact) mass is 269 g/mol. The number of nitrogens with zero attached hydrogens (tertiary/aromatic N) is 1. The molecule has 72 valence electrons. The molecular formula is C8H7BrClF2N. The second kappa shape index (κ2) is 4.33. The fourth-order valence-corrected chi connectivity index (χ4v) is 1.92. The van der Waals surface area contributed by atoms with Gasteiger partial charge in [-0.2, -0.15) is 0 Å². The Morgan fingerprint density at radius 1 is 1.62 bits per heavy atom. The van der Waals surface area contributed by atoms with Gasteiger partial charge in [-0.15, -0.1) is 0 Å². The molecule has 0 aliphatic rings. The summed E-state index contributed by atoms with van der Waals surface area (Å²) in [7, 11) is 0. The summed E-state index contributed by atoms with van der Waals surface area (Å²) in [5.41, 5.74) is 0.749. The molecule has 0 saturated carbocycles. The fourth-order valence-electron chi connectivity index (χ4n) is 0.991. The van der Waals surface area contributed by atoms with Crippen LogP contribution in [0.4, 0.5) is 8.78 Å². The largest absolute Gasteiger partial charge is 0.265 e. The van der Waals surface area contributed by atoms with Crippen molar-refractivity contribution in [3.05, 3.63) is 28.0 Å². The van der Waals surface area contributed by atoms with Crippen LogP contribution in [0.3, 0.4) is 0 Å². The lowest BCUT2D eigenvalue weighted by atomic mass is 10.1. The molecule has 0 fully saturated rings. The van der Waals surface area contributed by atoms with Crippen LogP contribution >= 0.6 is 27.5 Å². The molecule has 1 nitrogen and oxygen atoms in total. The van der Waals surface area contributed by atoms with Crippen LogP contribution in [0, 0.1) is 6.92 Å². The molecule has 1 rings (SSSR count). The summed E-state index contributed by atoms with van der Waals surface area (Å²) in [6.45, 7) is 1.57. The second-order valence-electron chi connectivity index (χ2n) is 2.55. The maximum absolute atomic E-state index is 12.5. The Bertz CT molecular complexity index is 317. The third kappa shape index (κ3) is 2.17. The SMILES string of the molecule is Cc1cnc(CBr)c(Cl)c1C(F)F. The highest BCUT2D eigenvalue weighted by atomic mass is 79.9. The number of aryl methyl sites for hydroxylation is 1. The molecule has 0 aromatic carbocycles. The summed E-state index contributed by atoms with van der Waals surface area (Å²) in [5.74, 6) is 0. The minimum atomic E-state index is -2.55. The Kier molecular flexibility index (Phi) is 3.62. The molecule has 13 heavy (non-hydrogen) atoms. The Balaban J connectivity index is 3.30. The number of hydrogen-bond donors (Lipinski definition) is 0. The summed E-state index contributed by atoms with van der Waals surface area (Å²) in [4.78, 5) is 3.93. The van der Waals surface area contributed by atoms with Crippen molar-refractivity contribution in [1.29, 1.82) is 0 Å². The average molecular weight is 271 g/mol. The first kappa shape index (κ1) is 10.9. The van der Waals surface area contributed by atoms with E-state index in [2.05, 4.69) is 20.9 Å². The van der Waals surface area contributed by atoms with Gasteiger partial charge in [0.1, 0.15) is 0 Å². The van der Waals surface area contributed by atoms with E-state index in [1.165, 1.54) is 6.20 Å². The van der Waals surface area contributed by atoms with Gasteiger partial charge < -0.3 is 0 Å². The highest BCUT2D eigenvalue weighted by Crippen LogP contribution is 2.32. The van der Waals surface area contributed by atoms with E-state index in [0.29, 0.717) is 16.6 Å². The van der Waals surface area contributed by atoms with Crippen LogP contribution in [0.5, 0.6) is 0 Å². The zero-order valence-corrected chi connectivity index (χ0v) is 9.16. The van der Waals surface area contributed by atoms with Crippen molar-refractivity contribution in [2.24, 2.45) is 0 Å². The number of alkyl halides is 3. The number of halogens is 4. The van der Waals surface area contributed by atoms with Crippen LogP contribution in [0.15, 0.2) is 6.20 Å². The number of rotatable bonds is 2. The van der Waals surface area contributed by atoms with Gasteiger partial charge in [0.05, 0.1) is 10.7 Å². The Hall–Kier alpha value is -0.220. The van der Waals surface area contributed by atoms with Gasteiger partial charge in [-0.25, -0.2) is 8.78 Å². The van der Waals surface area contributed by atoms with E-state index < -0.39 is 6.43 Å². The number of pyridine rings is 1. The lowest BCUT2D eigenvalue weighted by Gasteiger charge is -2.09. The average Bonchev–Trinajstić information content (AvgIpc) is 2.04. The smallest absolute Gasteiger partial charge is 0.259 e. The van der Waals surface area contributed by atoms with Gasteiger partial charge in [-0.3, -0.25) is 4.98 Å². The van der Waals surface area contributed by atoms with E-state index in [1.807, 2.05) is 0 Å². The van der Waals surface area contributed by atoms with E-state index in [-0.39, 0.29) is 10.6 Å². The molecule has 0 aliphatic heterocycles. The van der Waals surface area contributed by atoms with Crippen molar-refractivity contribution >= 4 is 27.5 Å². The molecule has 0 radical (unpaired) electrons. The van der Waals surface area contributed by atoms with Crippen molar-refractivity contribution in [2.75, 3.05) is 0 Å². The maximum Gasteiger partial charge on any atom is 0.265 e. The summed E-state index contributed by atoms with van der Waals surface area (Å²) < 4.78 is 25.0. The molecule has 1 aromatic rings. The van der Waals surface area contributed by atoms with Crippen LogP contribution in [0.25, 0.3) is 0 Å². The van der Waals surface area contributed by atoms with Crippen LogP contribution in [0.1, 0.15) is 23.2 Å². The van der Waals surface area contributed by atoms with Gasteiger partial charge >= 0.3 is 0 Å². The zero-order valence-electron chi connectivity index (χ0n) is 6.82. The van der Waals surface area contributed by atoms with Crippen molar-refractivity contribution < 1.29 is 8.78 Å². The third-order valence-corrected chi connectivity index (χ3v) is 2.63. The summed E-state index contributed by atoms with van der Waals surface area (Å²) >= 11 is 8.86. The summed E-state index contributed by atoms with van der Waals surface area (Å²) in [6, 6.07) is 0. The van der Waals surface area contributed by atoms with Crippen molar-refractivity contribution in [1.82, 2.24) is 4.98 Å². The Labute approximate surface area is 88.2 Å². The first-order valence-electron chi connectivity index (χ1n) is 3.56. The van der Waals surface area contributed by atoms with E-state index in [4.69, 9.17) is 11.6 Å². The van der Waals surface area contributed by atoms with E-state index >= 15 is 0 Å². The molecular weight excluding hydrogens is 263 g/mol. The zero-order chi connectivity index (χ0) is 10.0. The van der Waals surface area contributed by atoms with Crippen molar-refractivity contribution in [2.45, 2.75) is 18.7 Å². The molecule has 0 unspecified atom stereocenters. The van der Waals surface area contributed by atoms with Crippen molar-refractivity contribution in [3.63, 3.8) is 0 Å². The number of hydrogen-bond acceptors (Lipinski definition) is 1. The topological polar surface area (TPSA) is 12.9 Å². The molecule has 0 bridgehead atoms. The first-order valence-corrected chi connectivity index (χ1v) is 5.05. The summed E-state index contributed by atoms with van der Waals surface area (Å²) in [5, 5.41) is 0.443. The van der Waals surface area contributed by atoms with E-state index in [9.17, 15) is 8.78 Å². The van der Waals surface area contributed by atoms with Crippen molar-refractivity contribution in [3.8, 4) is 0 Å². The summed E-state index contributed by atoms with van der Waals surface area (Å²) in [6.07, 6.45) is -1.14. The highest BCUT2D eigenvalue weighted by Gasteiger charge is 2.17. The van der Waals surface area contributed by atoms with Crippen LogP contribution in [0.2, 0.25) is 5.02 Å². The van der Waals surface area contributed by atoms with Gasteiger partial charge in [-0.1, -0.05) is 27.5 Å². The lowest BCUT2D eigenvalue weighted by Crippen LogP contribution is -1.97. The maximum atomic E-state index is 12.5. The molecule has 0 spiro atoms. The predicted octanol–water partition coefficient (Wildman–Crippen LogP) is 3.88. The molecule has 5 heteroatoms. The molecule has 0 atom stereocenters. The quantitative estimate of drug-likeness (QED) is 0.743. The third-order valence-electron chi connectivity index (χ3n) is 1.67. The Morgan fingerprint density at radius 3 is 2.69 bits per heavy atom. The lowest BCUT2D eigenvalue weighted by molar-refractivity contribution is 0.150. The number of aromatic nitrogens is 1. The molecule has 1 heterocycles. The van der Waals surface area contributed by atoms with Crippen LogP contribution in [-0.2, 0) is 5.33 Å². The first-order chi connectivity index (χ1) is 6.07. The second-order valence-corrected chi connectivity index (χ2v) is 3.49. The minimum Gasteiger partial charge on any atom is -0.259 e. The molecule has 0 aliphatic carbocycles. The molecule has 1 aromatic heterocycles. The van der Waals surface area contributed by atoms with Gasteiger partial charge in [0.15, 0.2) is 0 Å². The molecule has 0 saturated heterocycles. The minimum absolute atomic E-state index is 0.0619. The Morgan fingerprint density at radius 2 is 2.23 bits per heavy atom. The standard InChI is InChI=1S/C8H7BrClF2N/c1-4-3-13-5(2-9)7(10)6(4)8(11)12/h3,8H,2H2,1H3. The van der Waals surface area contributed by atoms with Gasteiger partial charge in [0, 0.05) is 17.1 Å². The van der Waals surface area contributed by atoms with E-state index in [1.54, 1.807) is 6.92 Å².